The summed E-state index contributed by atoms with van der Waals surface area (Å²) in [6.07, 6.45) is 6.20. The lowest BCUT2D eigenvalue weighted by Crippen LogP contribution is -2.45. The van der Waals surface area contributed by atoms with E-state index >= 15 is 0 Å². The summed E-state index contributed by atoms with van der Waals surface area (Å²) in [6, 6.07) is 12.2. The minimum atomic E-state index is -0.840. The van der Waals surface area contributed by atoms with Gasteiger partial charge in [-0.25, -0.2) is 9.59 Å². The number of unbranched alkanes of at least 4 members (excludes halogenated alkanes) is 1. The van der Waals surface area contributed by atoms with E-state index in [-0.39, 0.29) is 49.5 Å². The highest BCUT2D eigenvalue weighted by atomic mass is 16.7. The fourth-order valence-electron chi connectivity index (χ4n) is 4.27. The maximum atomic E-state index is 13.3. The number of ketones is 1. The number of carbonyl (C=O) groups excluding carboxylic acids is 5. The van der Waals surface area contributed by atoms with Gasteiger partial charge >= 0.3 is 12.2 Å². The predicted molar refractivity (Wildman–Crippen MR) is 166 cm³/mol. The largest absolute Gasteiger partial charge is 0.514 e. The van der Waals surface area contributed by atoms with Crippen LogP contribution in [0.25, 0.3) is 0 Å². The third-order valence-corrected chi connectivity index (χ3v) is 6.70. The van der Waals surface area contributed by atoms with Crippen LogP contribution in [0.1, 0.15) is 63.5 Å². The molecule has 44 heavy (non-hydrogen) atoms. The molecule has 0 heterocycles. The Morgan fingerprint density at radius 1 is 0.977 bits per heavy atom. The van der Waals surface area contributed by atoms with Crippen molar-refractivity contribution in [1.29, 1.82) is 0 Å². The number of terminal acetylenes is 1. The third kappa shape index (κ3) is 13.4. The Morgan fingerprint density at radius 2 is 1.66 bits per heavy atom. The van der Waals surface area contributed by atoms with Gasteiger partial charge in [0, 0.05) is 37.4 Å². The van der Waals surface area contributed by atoms with Crippen molar-refractivity contribution in [1.82, 2.24) is 10.6 Å². The normalized spacial score (nSPS) is 11.9. The van der Waals surface area contributed by atoms with Crippen molar-refractivity contribution < 1.29 is 33.4 Å². The number of nitrogens with one attached hydrogen (secondary N) is 3. The van der Waals surface area contributed by atoms with Gasteiger partial charge in [0.25, 0.3) is 0 Å². The Morgan fingerprint density at radius 3 is 2.27 bits per heavy atom. The number of hydrogen-bond acceptors (Lipinski definition) is 7. The van der Waals surface area contributed by atoms with Crippen LogP contribution in [0.3, 0.4) is 0 Å². The van der Waals surface area contributed by atoms with Crippen molar-refractivity contribution in [2.24, 2.45) is 17.6 Å². The van der Waals surface area contributed by atoms with Crippen LogP contribution in [0.4, 0.5) is 15.3 Å². The zero-order valence-electron chi connectivity index (χ0n) is 25.5. The van der Waals surface area contributed by atoms with E-state index < -0.39 is 24.1 Å². The van der Waals surface area contributed by atoms with Crippen molar-refractivity contribution in [2.45, 2.75) is 71.9 Å². The molecule has 0 saturated carbocycles. The molecule has 1 unspecified atom stereocenters. The number of Topliss-reactive ketones (excluding diaryl/α,β-unsaturated/α-hetero) is 1. The average molecular weight is 607 g/mol. The van der Waals surface area contributed by atoms with Crippen LogP contribution in [0, 0.1) is 31.1 Å². The second-order valence-corrected chi connectivity index (χ2v) is 10.8. The van der Waals surface area contributed by atoms with Gasteiger partial charge in [-0.05, 0) is 61.9 Å². The van der Waals surface area contributed by atoms with Crippen LogP contribution in [0.15, 0.2) is 48.5 Å². The molecule has 0 aliphatic carbocycles. The maximum Gasteiger partial charge on any atom is 0.514 e. The Bertz CT molecular complexity index is 1300. The molecule has 5 N–H and O–H groups in total. The highest BCUT2D eigenvalue weighted by Crippen LogP contribution is 2.20. The van der Waals surface area contributed by atoms with Crippen LogP contribution >= 0.6 is 0 Å². The van der Waals surface area contributed by atoms with E-state index in [4.69, 9.17) is 21.6 Å². The van der Waals surface area contributed by atoms with E-state index in [9.17, 15) is 24.0 Å². The van der Waals surface area contributed by atoms with Crippen LogP contribution in [-0.4, -0.2) is 42.4 Å². The number of ether oxygens (including phenoxy) is 2. The third-order valence-electron chi connectivity index (χ3n) is 6.70. The highest BCUT2D eigenvalue weighted by Gasteiger charge is 2.29. The maximum absolute atomic E-state index is 13.3. The monoisotopic (exact) mass is 606 g/mol. The first-order valence-corrected chi connectivity index (χ1v) is 14.6. The van der Waals surface area contributed by atoms with Gasteiger partial charge in [0.05, 0.1) is 6.04 Å². The number of benzene rings is 2. The Balaban J connectivity index is 2.00. The molecule has 2 aromatic rings. The summed E-state index contributed by atoms with van der Waals surface area (Å²) in [5.41, 5.74) is 7.32. The Kier molecular flexibility index (Phi) is 15.0. The molecule has 2 rings (SSSR count). The number of anilines is 1. The number of rotatable bonds is 17. The summed E-state index contributed by atoms with van der Waals surface area (Å²) >= 11 is 0. The summed E-state index contributed by atoms with van der Waals surface area (Å²) in [5.74, 6) is 1.02. The first-order valence-electron chi connectivity index (χ1n) is 14.6. The number of nitrogens with two attached hydrogens (primary N) is 1. The van der Waals surface area contributed by atoms with Gasteiger partial charge in [0.2, 0.25) is 11.8 Å². The quantitative estimate of drug-likeness (QED) is 0.0883. The van der Waals surface area contributed by atoms with Crippen molar-refractivity contribution in [3.63, 3.8) is 0 Å². The van der Waals surface area contributed by atoms with E-state index in [2.05, 4.69) is 21.9 Å². The van der Waals surface area contributed by atoms with Crippen molar-refractivity contribution in [3.05, 3.63) is 59.7 Å². The second kappa shape index (κ2) is 18.6. The standard InChI is InChI=1S/C33H42N4O7/c1-5-6-7-10-29(39)37-30(22(2)3)28(38)20-25(9-8-19-35-32(34)41)31(40)36-26-15-13-24(14-16-26)21-43-33(42)44-27-17-11-23(4)12-18-27/h1,11-18,22,25,30H,6-10,19-21H2,2-4H3,(H,36,40)(H,37,39)(H3,34,35,41)/t25-,30?/m1/s1. The van der Waals surface area contributed by atoms with E-state index in [0.717, 1.165) is 5.56 Å². The van der Waals surface area contributed by atoms with Crippen LogP contribution in [-0.2, 0) is 25.7 Å². The fraction of sp³-hybridized carbons (Fsp3) is 0.424. The number of aryl methyl sites for hydroxylation is 1. The molecule has 0 saturated heterocycles. The molecule has 11 nitrogen and oxygen atoms in total. The van der Waals surface area contributed by atoms with E-state index in [1.54, 1.807) is 36.4 Å². The molecule has 2 aromatic carbocycles. The van der Waals surface area contributed by atoms with Crippen LogP contribution in [0.2, 0.25) is 0 Å². The Hall–Kier alpha value is -4.85. The molecule has 0 aromatic heterocycles. The van der Waals surface area contributed by atoms with E-state index in [1.807, 2.05) is 32.9 Å². The topological polar surface area (TPSA) is 166 Å². The first-order chi connectivity index (χ1) is 21.0. The van der Waals surface area contributed by atoms with Crippen molar-refractivity contribution in [3.8, 4) is 18.1 Å². The molecule has 0 spiro atoms. The minimum Gasteiger partial charge on any atom is -0.429 e. The molecule has 0 fully saturated rings. The molecule has 4 amide bonds. The fourth-order valence-corrected chi connectivity index (χ4v) is 4.27. The number of hydrogen-bond donors (Lipinski definition) is 4. The molecule has 0 aliphatic heterocycles. The van der Waals surface area contributed by atoms with Crippen molar-refractivity contribution in [2.75, 3.05) is 11.9 Å². The number of primary amides is 1. The number of urea groups is 1. The van der Waals surface area contributed by atoms with Gasteiger partial charge in [-0.1, -0.05) is 43.7 Å². The lowest BCUT2D eigenvalue weighted by Gasteiger charge is -2.24. The van der Waals surface area contributed by atoms with Gasteiger partial charge < -0.3 is 31.2 Å². The lowest BCUT2D eigenvalue weighted by molar-refractivity contribution is -0.131. The van der Waals surface area contributed by atoms with Crippen LogP contribution < -0.4 is 26.4 Å². The van der Waals surface area contributed by atoms with E-state index in [0.29, 0.717) is 42.7 Å². The highest BCUT2D eigenvalue weighted by molar-refractivity contribution is 5.97. The molecule has 11 heteroatoms. The molecular weight excluding hydrogens is 564 g/mol. The second-order valence-electron chi connectivity index (χ2n) is 10.8. The molecule has 0 radical (unpaired) electrons. The lowest BCUT2D eigenvalue weighted by atomic mass is 9.89. The average Bonchev–Trinajstić information content (AvgIpc) is 2.98. The summed E-state index contributed by atoms with van der Waals surface area (Å²) in [4.78, 5) is 62.0. The summed E-state index contributed by atoms with van der Waals surface area (Å²) in [7, 11) is 0. The van der Waals surface area contributed by atoms with Gasteiger partial charge in [0.15, 0.2) is 5.78 Å². The SMILES string of the molecule is C#CCCCC(=O)NC(C(=O)C[C@@H](CCCNC(N)=O)C(=O)Nc1ccc(COC(=O)Oc2ccc(C)cc2)cc1)C(C)C. The molecule has 0 bridgehead atoms. The summed E-state index contributed by atoms with van der Waals surface area (Å²) < 4.78 is 10.3. The van der Waals surface area contributed by atoms with Crippen molar-refractivity contribution >= 4 is 35.5 Å². The molecule has 236 valence electrons. The summed E-state index contributed by atoms with van der Waals surface area (Å²) in [5, 5.41) is 8.10. The zero-order chi connectivity index (χ0) is 32.5. The Labute approximate surface area is 258 Å². The van der Waals surface area contributed by atoms with Gasteiger partial charge in [-0.15, -0.1) is 12.3 Å². The number of carbonyl (C=O) groups is 5. The van der Waals surface area contributed by atoms with E-state index in [1.165, 1.54) is 0 Å². The van der Waals surface area contributed by atoms with Crippen LogP contribution in [0.5, 0.6) is 5.75 Å². The number of amides is 4. The molecular formula is C33H42N4O7. The molecule has 0 aliphatic rings. The van der Waals surface area contributed by atoms with Gasteiger partial charge in [-0.3, -0.25) is 14.4 Å². The van der Waals surface area contributed by atoms with Gasteiger partial charge in [0.1, 0.15) is 12.4 Å². The summed E-state index contributed by atoms with van der Waals surface area (Å²) in [6.45, 7) is 5.78. The predicted octanol–water partition coefficient (Wildman–Crippen LogP) is 4.62. The molecule has 2 atom stereocenters. The minimum absolute atomic E-state index is 0.0338. The zero-order valence-corrected chi connectivity index (χ0v) is 25.5. The van der Waals surface area contributed by atoms with Gasteiger partial charge in [-0.2, -0.15) is 0 Å². The smallest absolute Gasteiger partial charge is 0.429 e. The first kappa shape index (κ1) is 35.3.